The maximum atomic E-state index is 10.5. The Hall–Kier alpha value is -1.06. The van der Waals surface area contributed by atoms with Crippen LogP contribution in [0.4, 0.5) is 0 Å². The molecule has 0 radical (unpaired) electrons. The second kappa shape index (κ2) is 2.68. The number of carboxylic acid groups (broad SMARTS) is 1. The molecule has 4 nitrogen and oxygen atoms in total. The first-order valence-corrected chi connectivity index (χ1v) is 3.08. The van der Waals surface area contributed by atoms with Crippen LogP contribution in [-0.2, 0) is 14.3 Å². The van der Waals surface area contributed by atoms with Crippen LogP contribution in [0.5, 0.6) is 0 Å². The van der Waals surface area contributed by atoms with Gasteiger partial charge in [0.2, 0.25) is 0 Å². The van der Waals surface area contributed by atoms with E-state index in [9.17, 15) is 9.59 Å². The number of hydrogen-bond donors (Lipinski definition) is 1. The summed E-state index contributed by atoms with van der Waals surface area (Å²) in [5.74, 6) is -1.84. The minimum absolute atomic E-state index is 0.0231. The van der Waals surface area contributed by atoms with E-state index < -0.39 is 17.9 Å². The van der Waals surface area contributed by atoms with E-state index in [-0.39, 0.29) is 13.0 Å². The van der Waals surface area contributed by atoms with Crippen LogP contribution >= 0.6 is 0 Å². The molecule has 1 aliphatic heterocycles. The molecule has 1 unspecified atom stereocenters. The highest BCUT2D eigenvalue weighted by atomic mass is 16.5. The maximum Gasteiger partial charge on any atom is 0.307 e. The van der Waals surface area contributed by atoms with Crippen LogP contribution in [0.3, 0.4) is 0 Å². The van der Waals surface area contributed by atoms with Gasteiger partial charge in [-0.05, 0) is 6.42 Å². The van der Waals surface area contributed by atoms with Crippen molar-refractivity contribution in [2.45, 2.75) is 12.8 Å². The molecular weight excluding hydrogens is 136 g/mol. The first-order valence-electron chi connectivity index (χ1n) is 3.08. The summed E-state index contributed by atoms with van der Waals surface area (Å²) in [7, 11) is 0. The van der Waals surface area contributed by atoms with Crippen LogP contribution in [0.2, 0.25) is 0 Å². The molecule has 4 heteroatoms. The van der Waals surface area contributed by atoms with Crippen molar-refractivity contribution >= 4 is 11.9 Å². The van der Waals surface area contributed by atoms with Crippen LogP contribution in [0.15, 0.2) is 0 Å². The van der Waals surface area contributed by atoms with Gasteiger partial charge in [0.1, 0.15) is 0 Å². The Morgan fingerprint density at radius 2 is 2.40 bits per heavy atom. The second-order valence-corrected chi connectivity index (χ2v) is 2.25. The van der Waals surface area contributed by atoms with Crippen molar-refractivity contribution in [2.75, 3.05) is 6.61 Å². The highest BCUT2D eigenvalue weighted by molar-refractivity contribution is 5.79. The lowest BCUT2D eigenvalue weighted by molar-refractivity contribution is -0.157. The van der Waals surface area contributed by atoms with E-state index in [2.05, 4.69) is 4.74 Å². The monoisotopic (exact) mass is 144 g/mol. The first-order chi connectivity index (χ1) is 4.70. The standard InChI is InChI=1S/C6H8O4/c7-5-3-4(6(8)9)1-2-10-5/h4H,1-3H2,(H,8,9). The van der Waals surface area contributed by atoms with Gasteiger partial charge in [-0.2, -0.15) is 0 Å². The number of esters is 1. The summed E-state index contributed by atoms with van der Waals surface area (Å²) in [6, 6.07) is 0. The van der Waals surface area contributed by atoms with Crippen LogP contribution < -0.4 is 0 Å². The first kappa shape index (κ1) is 7.05. The Balaban J connectivity index is 2.47. The average Bonchev–Trinajstić information content (AvgIpc) is 1.88. The molecule has 0 aromatic rings. The number of carbonyl (C=O) groups is 2. The Kier molecular flexibility index (Phi) is 1.89. The van der Waals surface area contributed by atoms with Gasteiger partial charge in [0.25, 0.3) is 0 Å². The van der Waals surface area contributed by atoms with Gasteiger partial charge in [-0.25, -0.2) is 0 Å². The number of hydrogen-bond acceptors (Lipinski definition) is 3. The summed E-state index contributed by atoms with van der Waals surface area (Å²) in [4.78, 5) is 20.8. The summed E-state index contributed by atoms with van der Waals surface area (Å²) in [5.41, 5.74) is 0. The highest BCUT2D eigenvalue weighted by Crippen LogP contribution is 2.15. The molecule has 1 saturated heterocycles. The number of ether oxygens (including phenoxy) is 1. The molecule has 0 aromatic heterocycles. The fraction of sp³-hybridized carbons (Fsp3) is 0.667. The Morgan fingerprint density at radius 3 is 2.80 bits per heavy atom. The van der Waals surface area contributed by atoms with Gasteiger partial charge in [-0.1, -0.05) is 0 Å². The van der Waals surface area contributed by atoms with E-state index >= 15 is 0 Å². The third kappa shape index (κ3) is 1.46. The van der Waals surface area contributed by atoms with Crippen molar-refractivity contribution < 1.29 is 19.4 Å². The number of rotatable bonds is 1. The molecule has 0 saturated carbocycles. The molecule has 1 heterocycles. The summed E-state index contributed by atoms with van der Waals surface area (Å²) in [6.07, 6.45) is 0.469. The van der Waals surface area contributed by atoms with Crippen molar-refractivity contribution in [2.24, 2.45) is 5.92 Å². The van der Waals surface area contributed by atoms with Gasteiger partial charge in [0.15, 0.2) is 0 Å². The van der Waals surface area contributed by atoms with E-state index in [1.165, 1.54) is 0 Å². The molecule has 0 bridgehead atoms. The number of carbonyl (C=O) groups excluding carboxylic acids is 1. The van der Waals surface area contributed by atoms with Crippen LogP contribution in [0.1, 0.15) is 12.8 Å². The SMILES string of the molecule is O=C1CC(C(=O)O)CCO1. The van der Waals surface area contributed by atoms with E-state index in [4.69, 9.17) is 5.11 Å². The maximum absolute atomic E-state index is 10.5. The zero-order chi connectivity index (χ0) is 7.56. The molecule has 1 rings (SSSR count). The summed E-state index contributed by atoms with van der Waals surface area (Å²) >= 11 is 0. The van der Waals surface area contributed by atoms with Crippen molar-refractivity contribution in [3.63, 3.8) is 0 Å². The molecule has 1 fully saturated rings. The van der Waals surface area contributed by atoms with Crippen LogP contribution in [-0.4, -0.2) is 23.7 Å². The largest absolute Gasteiger partial charge is 0.481 e. The minimum atomic E-state index is -0.906. The zero-order valence-corrected chi connectivity index (χ0v) is 5.37. The molecular formula is C6H8O4. The van der Waals surface area contributed by atoms with Gasteiger partial charge in [-0.15, -0.1) is 0 Å². The lowest BCUT2D eigenvalue weighted by atomic mass is 10.0. The zero-order valence-electron chi connectivity index (χ0n) is 5.37. The van der Waals surface area contributed by atoms with E-state index in [0.29, 0.717) is 6.42 Å². The normalized spacial score (nSPS) is 25.6. The molecule has 1 aliphatic rings. The quantitative estimate of drug-likeness (QED) is 0.527. The highest BCUT2D eigenvalue weighted by Gasteiger charge is 2.26. The molecule has 10 heavy (non-hydrogen) atoms. The molecule has 1 atom stereocenters. The lowest BCUT2D eigenvalue weighted by Gasteiger charge is -2.16. The molecule has 0 aliphatic carbocycles. The number of aliphatic carboxylic acids is 1. The molecule has 1 N–H and O–H groups in total. The predicted molar refractivity (Wildman–Crippen MR) is 31.3 cm³/mol. The minimum Gasteiger partial charge on any atom is -0.481 e. The summed E-state index contributed by atoms with van der Waals surface area (Å²) in [5, 5.41) is 8.45. The van der Waals surface area contributed by atoms with Crippen molar-refractivity contribution in [3.05, 3.63) is 0 Å². The van der Waals surface area contributed by atoms with Gasteiger partial charge in [0, 0.05) is 0 Å². The van der Waals surface area contributed by atoms with Gasteiger partial charge in [0.05, 0.1) is 18.9 Å². The van der Waals surface area contributed by atoms with E-state index in [1.807, 2.05) is 0 Å². The number of carboxylic acids is 1. The van der Waals surface area contributed by atoms with Crippen molar-refractivity contribution in [1.82, 2.24) is 0 Å². The Morgan fingerprint density at radius 1 is 1.70 bits per heavy atom. The predicted octanol–water partition coefficient (Wildman–Crippen LogP) is 0.0242. The van der Waals surface area contributed by atoms with E-state index in [0.717, 1.165) is 0 Å². The Labute approximate surface area is 57.8 Å². The van der Waals surface area contributed by atoms with Gasteiger partial charge >= 0.3 is 11.9 Å². The third-order valence-electron chi connectivity index (χ3n) is 1.49. The summed E-state index contributed by atoms with van der Waals surface area (Å²) < 4.78 is 4.56. The molecule has 56 valence electrons. The van der Waals surface area contributed by atoms with Gasteiger partial charge in [-0.3, -0.25) is 9.59 Å². The third-order valence-corrected chi connectivity index (χ3v) is 1.49. The lowest BCUT2D eigenvalue weighted by Crippen LogP contribution is -2.26. The average molecular weight is 144 g/mol. The van der Waals surface area contributed by atoms with Crippen molar-refractivity contribution in [3.8, 4) is 0 Å². The topological polar surface area (TPSA) is 63.6 Å². The van der Waals surface area contributed by atoms with Crippen molar-refractivity contribution in [1.29, 1.82) is 0 Å². The Bertz CT molecular complexity index is 161. The van der Waals surface area contributed by atoms with Gasteiger partial charge < -0.3 is 9.84 Å². The van der Waals surface area contributed by atoms with Crippen LogP contribution in [0, 0.1) is 5.92 Å². The second-order valence-electron chi connectivity index (χ2n) is 2.25. The number of cyclic esters (lactones) is 1. The smallest absolute Gasteiger partial charge is 0.307 e. The van der Waals surface area contributed by atoms with Crippen LogP contribution in [0.25, 0.3) is 0 Å². The fourth-order valence-corrected chi connectivity index (χ4v) is 0.888. The van der Waals surface area contributed by atoms with E-state index in [1.54, 1.807) is 0 Å². The molecule has 0 spiro atoms. The summed E-state index contributed by atoms with van der Waals surface area (Å²) in [6.45, 7) is 0.246. The molecule has 0 amide bonds. The molecule has 0 aromatic carbocycles. The fourth-order valence-electron chi connectivity index (χ4n) is 0.888.